The Morgan fingerprint density at radius 2 is 2.27 bits per heavy atom. The number of hydrogen-bond acceptors (Lipinski definition) is 3. The summed E-state index contributed by atoms with van der Waals surface area (Å²) in [5.41, 5.74) is 2.23. The fourth-order valence-electron chi connectivity index (χ4n) is 2.18. The normalized spacial score (nSPS) is 17.9. The second-order valence-electron chi connectivity index (χ2n) is 5.07. The molecule has 0 saturated heterocycles. The Kier molecular flexibility index (Phi) is 5.57. The van der Waals surface area contributed by atoms with E-state index >= 15 is 0 Å². The second-order valence-corrected chi connectivity index (χ2v) is 6.90. The van der Waals surface area contributed by atoms with Crippen molar-refractivity contribution >= 4 is 40.9 Å². The van der Waals surface area contributed by atoms with Gasteiger partial charge in [-0.25, -0.2) is 0 Å². The van der Waals surface area contributed by atoms with E-state index in [2.05, 4.69) is 18.0 Å². The van der Waals surface area contributed by atoms with Crippen LogP contribution in [0.25, 0.3) is 0 Å². The van der Waals surface area contributed by atoms with Gasteiger partial charge in [0.25, 0.3) is 0 Å². The lowest BCUT2D eigenvalue weighted by molar-refractivity contribution is -0.120. The Labute approximate surface area is 144 Å². The Morgan fingerprint density at radius 3 is 2.86 bits per heavy atom. The zero-order chi connectivity index (χ0) is 16.3. The molecule has 0 unspecified atom stereocenters. The van der Waals surface area contributed by atoms with Gasteiger partial charge in [-0.1, -0.05) is 41.4 Å². The van der Waals surface area contributed by atoms with E-state index in [1.54, 1.807) is 18.2 Å². The van der Waals surface area contributed by atoms with Gasteiger partial charge in [0.15, 0.2) is 0 Å². The highest BCUT2D eigenvalue weighted by Gasteiger charge is 2.30. The van der Waals surface area contributed by atoms with Crippen molar-refractivity contribution in [1.29, 1.82) is 5.26 Å². The molecule has 0 saturated carbocycles. The van der Waals surface area contributed by atoms with Crippen LogP contribution in [0.4, 0.5) is 0 Å². The number of nitrogens with zero attached hydrogens (tertiary/aromatic N) is 1. The van der Waals surface area contributed by atoms with Crippen LogP contribution in [0.2, 0.25) is 10.0 Å². The van der Waals surface area contributed by atoms with Gasteiger partial charge < -0.3 is 5.32 Å². The van der Waals surface area contributed by atoms with Gasteiger partial charge in [0.1, 0.15) is 0 Å². The molecule has 1 aromatic rings. The maximum atomic E-state index is 12.0. The van der Waals surface area contributed by atoms with Gasteiger partial charge in [-0.15, -0.1) is 11.8 Å². The molecule has 0 aromatic heterocycles. The third-order valence-electron chi connectivity index (χ3n) is 3.16. The number of nitrogens with one attached hydrogen (secondary N) is 1. The van der Waals surface area contributed by atoms with Crippen molar-refractivity contribution in [1.82, 2.24) is 5.32 Å². The number of allylic oxidation sites excluding steroid dienone is 1. The molecule has 2 rings (SSSR count). The van der Waals surface area contributed by atoms with Crippen LogP contribution in [0.5, 0.6) is 0 Å². The smallest absolute Gasteiger partial charge is 0.225 e. The van der Waals surface area contributed by atoms with E-state index in [-0.39, 0.29) is 18.2 Å². The highest BCUT2D eigenvalue weighted by molar-refractivity contribution is 8.03. The first-order valence-electron chi connectivity index (χ1n) is 6.58. The number of rotatable bonds is 4. The molecule has 0 fully saturated rings. The molecule has 1 amide bonds. The van der Waals surface area contributed by atoms with Crippen molar-refractivity contribution in [2.45, 2.75) is 19.3 Å². The minimum absolute atomic E-state index is 0.126. The number of benzene rings is 1. The van der Waals surface area contributed by atoms with Crippen LogP contribution in [0.3, 0.4) is 0 Å². The summed E-state index contributed by atoms with van der Waals surface area (Å²) >= 11 is 13.6. The lowest BCUT2D eigenvalue weighted by Crippen LogP contribution is -2.31. The average molecular weight is 353 g/mol. The summed E-state index contributed by atoms with van der Waals surface area (Å²) in [6, 6.07) is 7.32. The molecule has 114 valence electrons. The molecule has 1 aromatic carbocycles. The molecule has 1 aliphatic rings. The minimum atomic E-state index is -0.351. The van der Waals surface area contributed by atoms with Crippen molar-refractivity contribution < 1.29 is 4.79 Å². The predicted molar refractivity (Wildman–Crippen MR) is 91.9 cm³/mol. The van der Waals surface area contributed by atoms with Crippen LogP contribution in [0.1, 0.15) is 24.8 Å². The first-order chi connectivity index (χ1) is 10.4. The van der Waals surface area contributed by atoms with Crippen LogP contribution in [0, 0.1) is 11.3 Å². The zero-order valence-electron chi connectivity index (χ0n) is 12.0. The van der Waals surface area contributed by atoms with E-state index < -0.39 is 0 Å². The highest BCUT2D eigenvalue weighted by atomic mass is 35.5. The zero-order valence-corrected chi connectivity index (χ0v) is 14.3. The summed E-state index contributed by atoms with van der Waals surface area (Å²) in [6.45, 7) is 5.74. The van der Waals surface area contributed by atoms with E-state index in [0.29, 0.717) is 26.4 Å². The van der Waals surface area contributed by atoms with Gasteiger partial charge in [0, 0.05) is 28.1 Å². The largest absolute Gasteiger partial charge is 0.320 e. The molecular formula is C16H14Cl2N2OS. The molecule has 0 aliphatic carbocycles. The lowest BCUT2D eigenvalue weighted by Gasteiger charge is -2.25. The maximum Gasteiger partial charge on any atom is 0.225 e. The quantitative estimate of drug-likeness (QED) is 0.802. The lowest BCUT2D eigenvalue weighted by atomic mass is 9.87. The number of carbonyl (C=O) groups excluding carboxylic acids is 1. The van der Waals surface area contributed by atoms with E-state index in [1.807, 2.05) is 6.92 Å². The molecule has 22 heavy (non-hydrogen) atoms. The Hall–Kier alpha value is -1.41. The van der Waals surface area contributed by atoms with Crippen LogP contribution >= 0.6 is 35.0 Å². The van der Waals surface area contributed by atoms with E-state index in [1.165, 1.54) is 11.8 Å². The van der Waals surface area contributed by atoms with Crippen LogP contribution in [-0.2, 0) is 4.79 Å². The molecule has 1 aliphatic heterocycles. The topological polar surface area (TPSA) is 52.9 Å². The van der Waals surface area contributed by atoms with Gasteiger partial charge in [-0.05, 0) is 24.6 Å². The van der Waals surface area contributed by atoms with E-state index in [9.17, 15) is 10.1 Å². The fraction of sp³-hybridized carbons (Fsp3) is 0.250. The summed E-state index contributed by atoms with van der Waals surface area (Å²) in [7, 11) is 0. The van der Waals surface area contributed by atoms with Gasteiger partial charge in [0.2, 0.25) is 5.91 Å². The van der Waals surface area contributed by atoms with Crippen molar-refractivity contribution in [3.05, 3.63) is 56.6 Å². The monoisotopic (exact) mass is 352 g/mol. The van der Waals surface area contributed by atoms with Gasteiger partial charge >= 0.3 is 0 Å². The first-order valence-corrected chi connectivity index (χ1v) is 8.32. The molecule has 3 nitrogen and oxygen atoms in total. The summed E-state index contributed by atoms with van der Waals surface area (Å²) in [6.07, 6.45) is 0.196. The summed E-state index contributed by atoms with van der Waals surface area (Å²) in [5.74, 6) is 0.164. The number of amides is 1. The molecule has 1 atom stereocenters. The first kappa shape index (κ1) is 17.0. The molecule has 6 heteroatoms. The Balaban J connectivity index is 2.44. The molecule has 1 N–H and O–H groups in total. The van der Waals surface area contributed by atoms with Gasteiger partial charge in [0.05, 0.1) is 16.7 Å². The van der Waals surface area contributed by atoms with E-state index in [4.69, 9.17) is 23.2 Å². The van der Waals surface area contributed by atoms with Crippen LogP contribution < -0.4 is 5.32 Å². The number of halogens is 2. The van der Waals surface area contributed by atoms with Crippen molar-refractivity contribution in [2.75, 3.05) is 5.75 Å². The van der Waals surface area contributed by atoms with Crippen LogP contribution in [-0.4, -0.2) is 11.7 Å². The molecule has 1 heterocycles. The van der Waals surface area contributed by atoms with Gasteiger partial charge in [-0.3, -0.25) is 4.79 Å². The number of carbonyl (C=O) groups is 1. The van der Waals surface area contributed by atoms with Crippen LogP contribution in [0.15, 0.2) is 41.0 Å². The highest BCUT2D eigenvalue weighted by Crippen LogP contribution is 2.39. The second kappa shape index (κ2) is 7.23. The Bertz CT molecular complexity index is 707. The minimum Gasteiger partial charge on any atom is -0.320 e. The predicted octanol–water partition coefficient (Wildman–Crippen LogP) is 4.64. The third-order valence-corrected chi connectivity index (χ3v) is 4.97. The van der Waals surface area contributed by atoms with Gasteiger partial charge in [-0.2, -0.15) is 5.26 Å². The standard InChI is InChI=1S/C16H14Cl2N2OS/c1-9(2)8-22-16-13(7-19)12(6-15(21)20-16)11-4-3-10(17)5-14(11)18/h3-5,12H,1,6,8H2,2H3,(H,20,21)/t12-/m1/s1. The van der Waals surface area contributed by atoms with Crippen molar-refractivity contribution in [3.8, 4) is 6.07 Å². The Morgan fingerprint density at radius 1 is 1.55 bits per heavy atom. The molecule has 0 radical (unpaired) electrons. The SMILES string of the molecule is C=C(C)CSC1=C(C#N)[C@@H](c2ccc(Cl)cc2Cl)CC(=O)N1. The van der Waals surface area contributed by atoms with Crippen molar-refractivity contribution in [3.63, 3.8) is 0 Å². The molecule has 0 spiro atoms. The van der Waals surface area contributed by atoms with E-state index in [0.717, 1.165) is 11.1 Å². The summed E-state index contributed by atoms with van der Waals surface area (Å²) in [5, 5.41) is 13.9. The average Bonchev–Trinajstić information content (AvgIpc) is 2.44. The summed E-state index contributed by atoms with van der Waals surface area (Å²) in [4.78, 5) is 12.0. The molecule has 0 bridgehead atoms. The van der Waals surface area contributed by atoms with Crippen molar-refractivity contribution in [2.24, 2.45) is 0 Å². The summed E-state index contributed by atoms with van der Waals surface area (Å²) < 4.78 is 0. The number of nitriles is 1. The maximum absolute atomic E-state index is 12.0. The number of thioether (sulfide) groups is 1. The third kappa shape index (κ3) is 3.86. The molecular weight excluding hydrogens is 339 g/mol. The fourth-order valence-corrected chi connectivity index (χ4v) is 3.64. The number of hydrogen-bond donors (Lipinski definition) is 1.